The second kappa shape index (κ2) is 3.89. The van der Waals surface area contributed by atoms with E-state index in [1.807, 2.05) is 12.1 Å². The minimum absolute atomic E-state index is 0.0597. The lowest BCUT2D eigenvalue weighted by Gasteiger charge is -2.10. The molecule has 1 aliphatic heterocycles. The van der Waals surface area contributed by atoms with Crippen LogP contribution in [0.5, 0.6) is 0 Å². The molecule has 1 atom stereocenters. The minimum Gasteiger partial charge on any atom is -0.319 e. The quantitative estimate of drug-likeness (QED) is 0.768. The van der Waals surface area contributed by atoms with Crippen molar-refractivity contribution in [1.29, 1.82) is 0 Å². The van der Waals surface area contributed by atoms with Gasteiger partial charge in [-0.3, -0.25) is 9.98 Å². The molecule has 0 bridgehead atoms. The number of pyridine rings is 1. The molecule has 1 aliphatic rings. The van der Waals surface area contributed by atoms with Gasteiger partial charge < -0.3 is 5.73 Å². The summed E-state index contributed by atoms with van der Waals surface area (Å²) in [5, 5.41) is 1.05. The molecule has 0 aliphatic carbocycles. The highest BCUT2D eigenvalue weighted by molar-refractivity contribution is 8.14. The predicted molar refractivity (Wildman–Crippen MR) is 55.9 cm³/mol. The van der Waals surface area contributed by atoms with E-state index < -0.39 is 0 Å². The predicted octanol–water partition coefficient (Wildman–Crippen LogP) is 1.23. The third-order valence-corrected chi connectivity index (χ3v) is 3.01. The van der Waals surface area contributed by atoms with Crippen molar-refractivity contribution in [2.45, 2.75) is 6.04 Å². The molecule has 0 radical (unpaired) electrons. The van der Waals surface area contributed by atoms with Crippen molar-refractivity contribution in [3.8, 4) is 0 Å². The van der Waals surface area contributed by atoms with Crippen molar-refractivity contribution in [1.82, 2.24) is 4.98 Å². The van der Waals surface area contributed by atoms with Crippen LogP contribution in [0.2, 0.25) is 0 Å². The topological polar surface area (TPSA) is 51.3 Å². The van der Waals surface area contributed by atoms with Crippen LogP contribution in [0, 0.1) is 0 Å². The van der Waals surface area contributed by atoms with Gasteiger partial charge in [0.25, 0.3) is 0 Å². The van der Waals surface area contributed by atoms with Gasteiger partial charge in [0.1, 0.15) is 0 Å². The summed E-state index contributed by atoms with van der Waals surface area (Å²) >= 11 is 1.75. The van der Waals surface area contributed by atoms with Crippen molar-refractivity contribution in [3.05, 3.63) is 30.1 Å². The molecule has 0 saturated carbocycles. The number of aromatic nitrogens is 1. The van der Waals surface area contributed by atoms with E-state index in [0.717, 1.165) is 22.9 Å². The van der Waals surface area contributed by atoms with Crippen LogP contribution in [0.25, 0.3) is 0 Å². The Morgan fingerprint density at radius 2 is 2.15 bits per heavy atom. The van der Waals surface area contributed by atoms with Gasteiger partial charge >= 0.3 is 0 Å². The van der Waals surface area contributed by atoms with Crippen LogP contribution in [0.4, 0.5) is 0 Å². The van der Waals surface area contributed by atoms with E-state index >= 15 is 0 Å². The van der Waals surface area contributed by atoms with Gasteiger partial charge in [-0.25, -0.2) is 0 Å². The molecule has 3 nitrogen and oxygen atoms in total. The second-order valence-electron chi connectivity index (χ2n) is 2.83. The number of hydrogen-bond donors (Lipinski definition) is 1. The first-order chi connectivity index (χ1) is 6.38. The lowest BCUT2D eigenvalue weighted by atomic mass is 10.1. The fourth-order valence-electron chi connectivity index (χ4n) is 1.25. The summed E-state index contributed by atoms with van der Waals surface area (Å²) in [5.41, 5.74) is 7.11. The normalized spacial score (nSPS) is 18.4. The molecule has 1 aromatic heterocycles. The third kappa shape index (κ3) is 1.89. The number of rotatable bonds is 2. The summed E-state index contributed by atoms with van der Waals surface area (Å²) in [6, 6.07) is 3.81. The molecule has 2 heterocycles. The Bertz CT molecular complexity index is 310. The van der Waals surface area contributed by atoms with Crippen molar-refractivity contribution in [2.75, 3.05) is 12.3 Å². The van der Waals surface area contributed by atoms with E-state index in [2.05, 4.69) is 9.98 Å². The molecule has 0 fully saturated rings. The van der Waals surface area contributed by atoms with E-state index in [-0.39, 0.29) is 6.04 Å². The Hall–Kier alpha value is -0.870. The molecule has 0 spiro atoms. The second-order valence-corrected chi connectivity index (χ2v) is 3.94. The van der Waals surface area contributed by atoms with Crippen molar-refractivity contribution >= 4 is 16.8 Å². The van der Waals surface area contributed by atoms with Gasteiger partial charge in [-0.15, -0.1) is 11.8 Å². The lowest BCUT2D eigenvalue weighted by molar-refractivity contribution is 0.962. The van der Waals surface area contributed by atoms with Crippen LogP contribution in [-0.2, 0) is 0 Å². The maximum Gasteiger partial charge on any atom is 0.0890 e. The zero-order valence-corrected chi connectivity index (χ0v) is 8.00. The zero-order valence-electron chi connectivity index (χ0n) is 7.18. The summed E-state index contributed by atoms with van der Waals surface area (Å²) in [6.07, 6.45) is 3.52. The fraction of sp³-hybridized carbons (Fsp3) is 0.333. The Balaban J connectivity index is 2.17. The first-order valence-corrected chi connectivity index (χ1v) is 5.19. The maximum absolute atomic E-state index is 6.02. The van der Waals surface area contributed by atoms with E-state index in [1.165, 1.54) is 0 Å². The summed E-state index contributed by atoms with van der Waals surface area (Å²) in [5.74, 6) is 1.06. The Morgan fingerprint density at radius 3 is 2.77 bits per heavy atom. The summed E-state index contributed by atoms with van der Waals surface area (Å²) in [4.78, 5) is 8.30. The van der Waals surface area contributed by atoms with Gasteiger partial charge in [0, 0.05) is 24.7 Å². The number of nitrogens with two attached hydrogens (primary N) is 1. The molecule has 0 aromatic carbocycles. The molecule has 1 unspecified atom stereocenters. The molecule has 4 heteroatoms. The van der Waals surface area contributed by atoms with Gasteiger partial charge in [-0.2, -0.15) is 0 Å². The van der Waals surface area contributed by atoms with E-state index in [0.29, 0.717) is 0 Å². The Labute approximate surface area is 81.5 Å². The molecule has 0 amide bonds. The van der Waals surface area contributed by atoms with Gasteiger partial charge in [0.2, 0.25) is 0 Å². The van der Waals surface area contributed by atoms with E-state index in [9.17, 15) is 0 Å². The van der Waals surface area contributed by atoms with Crippen LogP contribution < -0.4 is 5.73 Å². The van der Waals surface area contributed by atoms with Crippen LogP contribution in [0.3, 0.4) is 0 Å². The highest BCUT2D eigenvalue weighted by Gasteiger charge is 2.16. The highest BCUT2D eigenvalue weighted by Crippen LogP contribution is 2.22. The van der Waals surface area contributed by atoms with Gasteiger partial charge in [-0.05, 0) is 17.7 Å². The number of aliphatic imine (C=N–C) groups is 1. The smallest absolute Gasteiger partial charge is 0.0890 e. The highest BCUT2D eigenvalue weighted by atomic mass is 32.2. The molecule has 1 aromatic rings. The number of nitrogens with zero attached hydrogens (tertiary/aromatic N) is 2. The van der Waals surface area contributed by atoms with Crippen LogP contribution in [0.15, 0.2) is 29.5 Å². The summed E-state index contributed by atoms with van der Waals surface area (Å²) in [7, 11) is 0. The molecule has 0 saturated heterocycles. The Kier molecular flexibility index (Phi) is 2.61. The molecule has 68 valence electrons. The van der Waals surface area contributed by atoms with Gasteiger partial charge in [-0.1, -0.05) is 0 Å². The van der Waals surface area contributed by atoms with Gasteiger partial charge in [0.05, 0.1) is 11.1 Å². The van der Waals surface area contributed by atoms with Crippen molar-refractivity contribution < 1.29 is 0 Å². The van der Waals surface area contributed by atoms with E-state index in [1.54, 1.807) is 24.2 Å². The van der Waals surface area contributed by atoms with Gasteiger partial charge in [0.15, 0.2) is 0 Å². The molecule has 2 N–H and O–H groups in total. The zero-order chi connectivity index (χ0) is 9.10. The average molecular weight is 193 g/mol. The SMILES string of the molecule is NC(C1=NCCS1)c1ccncc1. The third-order valence-electron chi connectivity index (χ3n) is 1.94. The van der Waals surface area contributed by atoms with Crippen LogP contribution in [0.1, 0.15) is 11.6 Å². The number of hydrogen-bond acceptors (Lipinski definition) is 4. The van der Waals surface area contributed by atoms with Crippen molar-refractivity contribution in [2.24, 2.45) is 10.7 Å². The largest absolute Gasteiger partial charge is 0.319 e. The van der Waals surface area contributed by atoms with Crippen LogP contribution in [-0.4, -0.2) is 22.3 Å². The van der Waals surface area contributed by atoms with Crippen molar-refractivity contribution in [3.63, 3.8) is 0 Å². The summed E-state index contributed by atoms with van der Waals surface area (Å²) < 4.78 is 0. The lowest BCUT2D eigenvalue weighted by Crippen LogP contribution is -2.17. The van der Waals surface area contributed by atoms with Crippen LogP contribution >= 0.6 is 11.8 Å². The first-order valence-electron chi connectivity index (χ1n) is 4.20. The fourth-order valence-corrected chi connectivity index (χ4v) is 2.14. The minimum atomic E-state index is -0.0597. The molecule has 2 rings (SSSR count). The Morgan fingerprint density at radius 1 is 1.38 bits per heavy atom. The number of thioether (sulfide) groups is 1. The molecular weight excluding hydrogens is 182 g/mol. The average Bonchev–Trinajstić information content (AvgIpc) is 2.71. The first kappa shape index (κ1) is 8.72. The molecule has 13 heavy (non-hydrogen) atoms. The van der Waals surface area contributed by atoms with E-state index in [4.69, 9.17) is 5.73 Å². The maximum atomic E-state index is 6.02. The molecular formula is C9H11N3S. The summed E-state index contributed by atoms with van der Waals surface area (Å²) in [6.45, 7) is 0.902. The monoisotopic (exact) mass is 193 g/mol. The standard InChI is InChI=1S/C9H11N3S/c10-8(9-12-5-6-13-9)7-1-3-11-4-2-7/h1-4,8H,5-6,10H2.